The molecule has 0 aliphatic carbocycles. The number of ether oxygens (including phenoxy) is 2. The van der Waals surface area contributed by atoms with Gasteiger partial charge in [-0.3, -0.25) is 9.48 Å². The fraction of sp³-hybridized carbons (Fsp3) is 0.227. The Kier molecular flexibility index (Phi) is 7.00. The molecule has 0 aliphatic heterocycles. The molecule has 3 rings (SSSR count). The summed E-state index contributed by atoms with van der Waals surface area (Å²) in [4.78, 5) is 12.2. The van der Waals surface area contributed by atoms with Crippen LogP contribution in [0.3, 0.4) is 0 Å². The first kappa shape index (κ1) is 20.1. The zero-order valence-corrected chi connectivity index (χ0v) is 16.5. The number of amides is 1. The molecule has 0 saturated heterocycles. The highest BCUT2D eigenvalue weighted by atomic mass is 16.5. The van der Waals surface area contributed by atoms with E-state index in [2.05, 4.69) is 15.6 Å². The van der Waals surface area contributed by atoms with E-state index in [1.807, 2.05) is 48.1 Å². The molecule has 2 aromatic carbocycles. The minimum absolute atomic E-state index is 0.341. The zero-order chi connectivity index (χ0) is 20.5. The minimum atomic E-state index is -0.689. The van der Waals surface area contributed by atoms with Crippen LogP contribution >= 0.6 is 0 Å². The van der Waals surface area contributed by atoms with E-state index < -0.39 is 6.10 Å². The lowest BCUT2D eigenvalue weighted by Crippen LogP contribution is -2.33. The smallest absolute Gasteiger partial charge is 0.280 e. The third-order valence-electron chi connectivity index (χ3n) is 4.05. The minimum Gasteiger partial charge on any atom is -0.494 e. The molecule has 1 amide bonds. The van der Waals surface area contributed by atoms with Crippen LogP contribution in [0.1, 0.15) is 25.0 Å². The summed E-state index contributed by atoms with van der Waals surface area (Å²) >= 11 is 0. The molecule has 0 unspecified atom stereocenters. The van der Waals surface area contributed by atoms with Crippen molar-refractivity contribution in [1.82, 2.24) is 15.2 Å². The van der Waals surface area contributed by atoms with Crippen molar-refractivity contribution in [2.75, 3.05) is 6.61 Å². The molecule has 7 heteroatoms. The maximum atomic E-state index is 12.2. The number of hydrogen-bond acceptors (Lipinski definition) is 5. The van der Waals surface area contributed by atoms with Crippen LogP contribution in [0.2, 0.25) is 0 Å². The molecule has 1 N–H and O–H groups in total. The van der Waals surface area contributed by atoms with E-state index in [0.717, 1.165) is 16.9 Å². The topological polar surface area (TPSA) is 77.7 Å². The molecule has 1 aromatic heterocycles. The standard InChI is InChI=1S/C22H24N4O3/c1-3-28-20-9-11-21(12-10-20)29-17(2)22(27)25-23-13-19-14-24-26(16-19)15-18-7-5-4-6-8-18/h4-14,16-17H,3,15H2,1-2H3,(H,25,27)/b23-13-/t17-/m0/s1. The first-order valence-corrected chi connectivity index (χ1v) is 9.43. The van der Waals surface area contributed by atoms with Gasteiger partial charge in [-0.1, -0.05) is 30.3 Å². The molecule has 150 valence electrons. The van der Waals surface area contributed by atoms with Crippen LogP contribution in [0.5, 0.6) is 11.5 Å². The fourth-order valence-corrected chi connectivity index (χ4v) is 2.60. The molecule has 29 heavy (non-hydrogen) atoms. The quantitative estimate of drug-likeness (QED) is 0.448. The van der Waals surface area contributed by atoms with Gasteiger partial charge in [-0.25, -0.2) is 5.43 Å². The second-order valence-corrected chi connectivity index (χ2v) is 6.36. The Morgan fingerprint density at radius 1 is 1.17 bits per heavy atom. The second-order valence-electron chi connectivity index (χ2n) is 6.36. The fourth-order valence-electron chi connectivity index (χ4n) is 2.60. The summed E-state index contributed by atoms with van der Waals surface area (Å²) in [5, 5.41) is 8.28. The van der Waals surface area contributed by atoms with E-state index >= 15 is 0 Å². The van der Waals surface area contributed by atoms with Gasteiger partial charge in [-0.2, -0.15) is 10.2 Å². The van der Waals surface area contributed by atoms with Gasteiger partial charge in [-0.15, -0.1) is 0 Å². The molecule has 7 nitrogen and oxygen atoms in total. The summed E-state index contributed by atoms with van der Waals surface area (Å²) in [5.41, 5.74) is 4.44. The molecule has 0 saturated carbocycles. The van der Waals surface area contributed by atoms with Crippen molar-refractivity contribution in [3.8, 4) is 11.5 Å². The van der Waals surface area contributed by atoms with E-state index in [9.17, 15) is 4.79 Å². The van der Waals surface area contributed by atoms with E-state index in [1.165, 1.54) is 0 Å². The van der Waals surface area contributed by atoms with E-state index in [-0.39, 0.29) is 5.91 Å². The highest BCUT2D eigenvalue weighted by molar-refractivity contribution is 5.84. The molecule has 3 aromatic rings. The van der Waals surface area contributed by atoms with Crippen LogP contribution in [-0.4, -0.2) is 34.6 Å². The molecule has 0 fully saturated rings. The number of nitrogens with zero attached hydrogens (tertiary/aromatic N) is 3. The van der Waals surface area contributed by atoms with Gasteiger partial charge in [-0.05, 0) is 43.7 Å². The molecule has 0 radical (unpaired) electrons. The number of hydrogen-bond donors (Lipinski definition) is 1. The first-order chi connectivity index (χ1) is 14.1. The van der Waals surface area contributed by atoms with Crippen molar-refractivity contribution < 1.29 is 14.3 Å². The van der Waals surface area contributed by atoms with Crippen LogP contribution in [0.25, 0.3) is 0 Å². The average Bonchev–Trinajstić information content (AvgIpc) is 3.17. The van der Waals surface area contributed by atoms with Gasteiger partial charge in [0.1, 0.15) is 11.5 Å². The van der Waals surface area contributed by atoms with Crippen molar-refractivity contribution in [3.63, 3.8) is 0 Å². The Morgan fingerprint density at radius 3 is 2.62 bits per heavy atom. The van der Waals surface area contributed by atoms with Crippen LogP contribution in [-0.2, 0) is 11.3 Å². The van der Waals surface area contributed by atoms with Gasteiger partial charge in [0, 0.05) is 11.8 Å². The lowest BCUT2D eigenvalue weighted by atomic mass is 10.2. The van der Waals surface area contributed by atoms with Gasteiger partial charge in [0.2, 0.25) is 0 Å². The summed E-state index contributed by atoms with van der Waals surface area (Å²) in [6.07, 6.45) is 4.42. The largest absolute Gasteiger partial charge is 0.494 e. The monoisotopic (exact) mass is 392 g/mol. The van der Waals surface area contributed by atoms with Crippen LogP contribution in [0.15, 0.2) is 72.1 Å². The van der Waals surface area contributed by atoms with Gasteiger partial charge < -0.3 is 9.47 Å². The Balaban J connectivity index is 1.47. The molecule has 0 aliphatic rings. The van der Waals surface area contributed by atoms with Crippen molar-refractivity contribution in [3.05, 3.63) is 78.1 Å². The number of carbonyl (C=O) groups excluding carboxylic acids is 1. The molecular formula is C22H24N4O3. The number of benzene rings is 2. The molecule has 0 spiro atoms. The van der Waals surface area contributed by atoms with Crippen LogP contribution < -0.4 is 14.9 Å². The highest BCUT2D eigenvalue weighted by Gasteiger charge is 2.14. The average molecular weight is 392 g/mol. The zero-order valence-electron chi connectivity index (χ0n) is 16.5. The normalized spacial score (nSPS) is 11.9. The lowest BCUT2D eigenvalue weighted by Gasteiger charge is -2.13. The Hall–Kier alpha value is -3.61. The molecular weight excluding hydrogens is 368 g/mol. The predicted octanol–water partition coefficient (Wildman–Crippen LogP) is 3.25. The summed E-state index contributed by atoms with van der Waals surface area (Å²) < 4.78 is 12.8. The van der Waals surface area contributed by atoms with E-state index in [4.69, 9.17) is 9.47 Å². The maximum absolute atomic E-state index is 12.2. The Bertz CT molecular complexity index is 936. The number of rotatable bonds is 9. The van der Waals surface area contributed by atoms with Gasteiger partial charge in [0.25, 0.3) is 5.91 Å². The number of carbonyl (C=O) groups is 1. The first-order valence-electron chi connectivity index (χ1n) is 9.43. The maximum Gasteiger partial charge on any atom is 0.280 e. The molecule has 1 atom stereocenters. The summed E-state index contributed by atoms with van der Waals surface area (Å²) in [5.74, 6) is 1.00. The van der Waals surface area contributed by atoms with Gasteiger partial charge >= 0.3 is 0 Å². The van der Waals surface area contributed by atoms with Crippen molar-refractivity contribution in [2.45, 2.75) is 26.5 Å². The summed E-state index contributed by atoms with van der Waals surface area (Å²) in [6.45, 7) is 4.86. The van der Waals surface area contributed by atoms with Crippen molar-refractivity contribution in [2.24, 2.45) is 5.10 Å². The predicted molar refractivity (Wildman–Crippen MR) is 111 cm³/mol. The van der Waals surface area contributed by atoms with Crippen LogP contribution in [0, 0.1) is 0 Å². The Labute approximate surface area is 170 Å². The van der Waals surface area contributed by atoms with Gasteiger partial charge in [0.15, 0.2) is 6.10 Å². The summed E-state index contributed by atoms with van der Waals surface area (Å²) in [6, 6.07) is 17.2. The van der Waals surface area contributed by atoms with Crippen molar-refractivity contribution in [1.29, 1.82) is 0 Å². The number of aromatic nitrogens is 2. The van der Waals surface area contributed by atoms with E-state index in [0.29, 0.717) is 18.9 Å². The number of nitrogens with one attached hydrogen (secondary N) is 1. The highest BCUT2D eigenvalue weighted by Crippen LogP contribution is 2.18. The van der Waals surface area contributed by atoms with E-state index in [1.54, 1.807) is 43.6 Å². The second kappa shape index (κ2) is 10.1. The van der Waals surface area contributed by atoms with Crippen molar-refractivity contribution >= 4 is 12.1 Å². The van der Waals surface area contributed by atoms with Gasteiger partial charge in [0.05, 0.1) is 25.6 Å². The third-order valence-corrected chi connectivity index (χ3v) is 4.05. The lowest BCUT2D eigenvalue weighted by molar-refractivity contribution is -0.127. The third kappa shape index (κ3) is 6.21. The van der Waals surface area contributed by atoms with Crippen LogP contribution in [0.4, 0.5) is 0 Å². The molecule has 1 heterocycles. The SMILES string of the molecule is CCOc1ccc(O[C@@H](C)C(=O)N/N=C\c2cnn(Cc3ccccc3)c2)cc1. The number of hydrazone groups is 1. The summed E-state index contributed by atoms with van der Waals surface area (Å²) in [7, 11) is 0. The molecule has 0 bridgehead atoms. The Morgan fingerprint density at radius 2 is 1.90 bits per heavy atom.